The van der Waals surface area contributed by atoms with Crippen molar-refractivity contribution in [3.63, 3.8) is 0 Å². The Morgan fingerprint density at radius 1 is 0.438 bits per heavy atom. The molecule has 0 saturated heterocycles. The van der Waals surface area contributed by atoms with E-state index < -0.39 is 20.0 Å². The Hall–Kier alpha value is -3.36. The lowest BCUT2D eigenvalue weighted by atomic mass is 10.0. The van der Waals surface area contributed by atoms with Crippen LogP contribution in [0, 0.1) is 0 Å². The summed E-state index contributed by atoms with van der Waals surface area (Å²) in [6.45, 7) is 4.67. The summed E-state index contributed by atoms with van der Waals surface area (Å²) in [7, 11) is 1.54. The van der Waals surface area contributed by atoms with Gasteiger partial charge in [0.1, 0.15) is 13.2 Å². The van der Waals surface area contributed by atoms with Crippen LogP contribution in [0.2, 0.25) is 0 Å². The molecule has 9 heteroatoms. The Morgan fingerprint density at radius 2 is 0.762 bits per heavy atom. The third kappa shape index (κ3) is 62.2. The number of aliphatic hydroxyl groups is 1. The van der Waals surface area contributed by atoms with Crippen LogP contribution in [0.1, 0.15) is 258 Å². The van der Waals surface area contributed by atoms with Crippen molar-refractivity contribution in [3.8, 4) is 0 Å². The molecule has 1 amide bonds. The number of rotatable bonds is 58. The molecule has 0 aromatic heterocycles. The molecule has 0 saturated carbocycles. The van der Waals surface area contributed by atoms with Crippen molar-refractivity contribution in [1.82, 2.24) is 5.32 Å². The number of phosphoric ester groups is 1. The molecule has 0 rings (SSSR count). The second kappa shape index (κ2) is 60.2. The Bertz CT molecular complexity index is 1760. The van der Waals surface area contributed by atoms with Gasteiger partial charge in [-0.05, 0) is 109 Å². The van der Waals surface area contributed by atoms with Gasteiger partial charge in [-0.1, -0.05) is 276 Å². The maximum absolute atomic E-state index is 13.0. The van der Waals surface area contributed by atoms with Crippen molar-refractivity contribution >= 4 is 13.7 Å². The van der Waals surface area contributed by atoms with E-state index in [1.54, 1.807) is 6.08 Å². The zero-order valence-electron chi connectivity index (χ0n) is 52.3. The third-order valence-electron chi connectivity index (χ3n) is 13.8. The highest BCUT2D eigenvalue weighted by Gasteiger charge is 2.27. The van der Waals surface area contributed by atoms with Gasteiger partial charge in [-0.15, -0.1) is 0 Å². The number of hydrogen-bond donors (Lipinski definition) is 3. The van der Waals surface area contributed by atoms with E-state index in [1.807, 2.05) is 27.2 Å². The highest BCUT2D eigenvalue weighted by atomic mass is 31.2. The van der Waals surface area contributed by atoms with Crippen LogP contribution in [-0.4, -0.2) is 73.4 Å². The maximum Gasteiger partial charge on any atom is 0.472 e. The highest BCUT2D eigenvalue weighted by Crippen LogP contribution is 2.43. The van der Waals surface area contributed by atoms with Crippen LogP contribution >= 0.6 is 7.82 Å². The van der Waals surface area contributed by atoms with Crippen LogP contribution in [0.3, 0.4) is 0 Å². The molecule has 0 bridgehead atoms. The number of hydrogen-bond acceptors (Lipinski definition) is 5. The fourth-order valence-electron chi connectivity index (χ4n) is 8.80. The Morgan fingerprint density at radius 3 is 1.15 bits per heavy atom. The lowest BCUT2D eigenvalue weighted by Crippen LogP contribution is -2.45. The van der Waals surface area contributed by atoms with Gasteiger partial charge >= 0.3 is 7.82 Å². The Balaban J connectivity index is 4.12. The second-order valence-corrected chi connectivity index (χ2v) is 24.2. The van der Waals surface area contributed by atoms with Crippen LogP contribution in [-0.2, 0) is 18.4 Å². The molecule has 0 aliphatic heterocycles. The average molecular weight is 1130 g/mol. The predicted octanol–water partition coefficient (Wildman–Crippen LogP) is 20.7. The minimum atomic E-state index is -4.37. The van der Waals surface area contributed by atoms with Crippen LogP contribution in [0.15, 0.2) is 134 Å². The van der Waals surface area contributed by atoms with Gasteiger partial charge in [0.15, 0.2) is 0 Å². The van der Waals surface area contributed by atoms with Gasteiger partial charge in [-0.3, -0.25) is 13.8 Å². The van der Waals surface area contributed by atoms with E-state index in [-0.39, 0.29) is 19.1 Å². The van der Waals surface area contributed by atoms with Crippen molar-refractivity contribution in [2.75, 3.05) is 40.9 Å². The molecule has 0 heterocycles. The summed E-state index contributed by atoms with van der Waals surface area (Å²) in [6.07, 6.45) is 91.5. The van der Waals surface area contributed by atoms with Gasteiger partial charge in [-0.25, -0.2) is 4.57 Å². The monoisotopic (exact) mass is 1130 g/mol. The number of likely N-dealkylation sites (N-methyl/N-ethyl adjacent to an activating group) is 1. The van der Waals surface area contributed by atoms with Crippen molar-refractivity contribution in [1.29, 1.82) is 0 Å². The number of allylic oxidation sites excluding steroid dienone is 21. The lowest BCUT2D eigenvalue weighted by molar-refractivity contribution is -0.870. The van der Waals surface area contributed by atoms with Crippen LogP contribution in [0.5, 0.6) is 0 Å². The molecular weight excluding hydrogens is 1010 g/mol. The van der Waals surface area contributed by atoms with Crippen LogP contribution < -0.4 is 5.32 Å². The molecule has 0 aliphatic carbocycles. The van der Waals surface area contributed by atoms with Gasteiger partial charge in [-0.2, -0.15) is 0 Å². The van der Waals surface area contributed by atoms with E-state index in [0.717, 1.165) is 96.3 Å². The van der Waals surface area contributed by atoms with E-state index in [0.29, 0.717) is 17.4 Å². The molecule has 0 aromatic rings. The Kier molecular flexibility index (Phi) is 57.7. The molecule has 0 aromatic carbocycles. The number of carbonyl (C=O) groups is 1. The van der Waals surface area contributed by atoms with E-state index in [4.69, 9.17) is 9.05 Å². The molecule has 0 fully saturated rings. The van der Waals surface area contributed by atoms with E-state index >= 15 is 0 Å². The van der Waals surface area contributed by atoms with Gasteiger partial charge in [0.2, 0.25) is 5.91 Å². The quantitative estimate of drug-likeness (QED) is 0.0243. The van der Waals surface area contributed by atoms with Crippen LogP contribution in [0.25, 0.3) is 0 Å². The van der Waals surface area contributed by atoms with E-state index in [9.17, 15) is 19.4 Å². The van der Waals surface area contributed by atoms with Gasteiger partial charge in [0, 0.05) is 6.42 Å². The minimum Gasteiger partial charge on any atom is -0.387 e. The van der Waals surface area contributed by atoms with Crippen LogP contribution in [0.4, 0.5) is 0 Å². The highest BCUT2D eigenvalue weighted by molar-refractivity contribution is 7.47. The lowest BCUT2D eigenvalue weighted by Gasteiger charge is -2.25. The van der Waals surface area contributed by atoms with Gasteiger partial charge < -0.3 is 19.8 Å². The summed E-state index contributed by atoms with van der Waals surface area (Å²) in [6, 6.07) is -0.878. The minimum absolute atomic E-state index is 0.0483. The predicted molar refractivity (Wildman–Crippen MR) is 350 cm³/mol. The number of nitrogens with zero attached hydrogens (tertiary/aromatic N) is 1. The fraction of sp³-hybridized carbons (Fsp3) is 0.676. The van der Waals surface area contributed by atoms with E-state index in [2.05, 4.69) is 141 Å². The molecule has 0 aliphatic rings. The molecule has 0 spiro atoms. The number of unbranched alkanes of at least 4 members (excludes halogenated alkanes) is 25. The number of aliphatic hydroxyl groups excluding tert-OH is 1. The molecule has 8 nitrogen and oxygen atoms in total. The summed E-state index contributed by atoms with van der Waals surface area (Å²) < 4.78 is 23.7. The largest absolute Gasteiger partial charge is 0.472 e. The molecule has 0 radical (unpaired) electrons. The SMILES string of the molecule is CC/C=C\C/C=C\C/C=C\C/C=C\C/C=C\C/C=C\C/C=C\C/C=C\CCCCCCCCCCCCCCCCC(=O)NC(COP(=O)(O)OCC[N+](C)(C)C)C(O)/C=C/CC/C=C/CC/C=C/CCCCCCCCCCC. The van der Waals surface area contributed by atoms with Gasteiger partial charge in [0.05, 0.1) is 39.9 Å². The van der Waals surface area contributed by atoms with Crippen molar-refractivity contribution in [2.24, 2.45) is 0 Å². The summed E-state index contributed by atoms with van der Waals surface area (Å²) in [5.41, 5.74) is 0. The number of carbonyl (C=O) groups excluding carboxylic acids is 1. The zero-order chi connectivity index (χ0) is 58.4. The molecule has 458 valence electrons. The zero-order valence-corrected chi connectivity index (χ0v) is 53.2. The van der Waals surface area contributed by atoms with E-state index in [1.165, 1.54) is 141 Å². The first-order chi connectivity index (χ1) is 39.0. The molecule has 80 heavy (non-hydrogen) atoms. The third-order valence-corrected chi connectivity index (χ3v) is 14.8. The fourth-order valence-corrected chi connectivity index (χ4v) is 9.53. The first kappa shape index (κ1) is 76.6. The summed E-state index contributed by atoms with van der Waals surface area (Å²) in [4.78, 5) is 23.4. The number of amides is 1. The summed E-state index contributed by atoms with van der Waals surface area (Å²) in [5, 5.41) is 13.9. The van der Waals surface area contributed by atoms with Crippen molar-refractivity contribution in [2.45, 2.75) is 270 Å². The number of phosphoric acid groups is 1. The molecule has 3 unspecified atom stereocenters. The average Bonchev–Trinajstić information content (AvgIpc) is 3.42. The summed E-state index contributed by atoms with van der Waals surface area (Å²) >= 11 is 0. The van der Waals surface area contributed by atoms with Gasteiger partial charge in [0.25, 0.3) is 0 Å². The molecular formula is C71H124N2O6P+. The molecule has 3 N–H and O–H groups in total. The maximum atomic E-state index is 13.0. The number of quaternary nitrogens is 1. The smallest absolute Gasteiger partial charge is 0.387 e. The first-order valence-electron chi connectivity index (χ1n) is 32.6. The number of nitrogens with one attached hydrogen (secondary N) is 1. The van der Waals surface area contributed by atoms with Crippen molar-refractivity contribution in [3.05, 3.63) is 134 Å². The second-order valence-electron chi connectivity index (χ2n) is 22.7. The normalized spacial score (nSPS) is 14.6. The standard InChI is InChI=1S/C71H123N2O6P/c1-6-8-10-12-14-16-18-20-22-24-26-27-28-29-30-31-32-33-34-35-36-37-38-39-40-41-42-43-44-45-47-49-51-53-55-57-59-61-63-65-71(75)72-69(68-79-80(76,77)78-67-66-73(3,4)5)70(74)64-62-60-58-56-54-52-50-48-46-25-23-21-19-17-15-13-11-9-7-2/h8,10,14,16,20,22,26-27,29-30,32-33,35-36,38-39,46,48,54,56,62,64,69-70,74H,6-7,9,11-13,15,17-19,21,23-25,28,31,34,37,40-45,47,49-53,55,57-61,63,65-68H2,1-5H3,(H-,72,75,76,77)/p+1/b10-8-,16-14-,22-20-,27-26-,30-29-,33-32-,36-35-,39-38-,48-46+,56-54+,64-62+. The first-order valence-corrected chi connectivity index (χ1v) is 34.1. The topological polar surface area (TPSA) is 105 Å². The molecule has 3 atom stereocenters. The Labute approximate surface area is 494 Å². The van der Waals surface area contributed by atoms with Crippen molar-refractivity contribution < 1.29 is 32.9 Å². The summed E-state index contributed by atoms with van der Waals surface area (Å²) in [5.74, 6) is -0.195.